The summed E-state index contributed by atoms with van der Waals surface area (Å²) in [5.74, 6) is 0.000774. The van der Waals surface area contributed by atoms with Gasteiger partial charge < -0.3 is 44.2 Å². The quantitative estimate of drug-likeness (QED) is 0.0685. The predicted octanol–water partition coefficient (Wildman–Crippen LogP) is 8.20. The van der Waals surface area contributed by atoms with E-state index in [4.69, 9.17) is 23.9 Å². The zero-order valence-electron chi connectivity index (χ0n) is 42.5. The molecule has 4 N–H and O–H groups in total. The van der Waals surface area contributed by atoms with Gasteiger partial charge in [0.25, 0.3) is 21.6 Å². The van der Waals surface area contributed by atoms with E-state index in [1.54, 1.807) is 12.3 Å². The van der Waals surface area contributed by atoms with Gasteiger partial charge in [-0.3, -0.25) is 19.8 Å². The minimum Gasteiger partial charge on any atom is -0.467 e. The molecular weight excluding hydrogens is 965 g/mol. The smallest absolute Gasteiger partial charge is 0.293 e. The van der Waals surface area contributed by atoms with E-state index in [0.29, 0.717) is 74.1 Å². The number of aromatic nitrogens is 2. The average molecular weight is 1030 g/mol. The number of nitrogens with zero attached hydrogens (tertiary/aromatic N) is 5. The van der Waals surface area contributed by atoms with Crippen molar-refractivity contribution < 1.29 is 42.2 Å². The van der Waals surface area contributed by atoms with Crippen LogP contribution in [-0.2, 0) is 24.2 Å². The van der Waals surface area contributed by atoms with Gasteiger partial charge in [0.1, 0.15) is 23.1 Å². The third-order valence-corrected chi connectivity index (χ3v) is 18.1. The number of fused-ring (bicyclic) bond motifs is 3. The summed E-state index contributed by atoms with van der Waals surface area (Å²) in [6.07, 6.45) is 7.79. The minimum absolute atomic E-state index is 0.0643. The maximum absolute atomic E-state index is 14.7. The zero-order valence-corrected chi connectivity index (χ0v) is 43.3. The second-order valence-electron chi connectivity index (χ2n) is 22.0. The number of nitro benzene ring substituents is 1. The number of H-pyrrole nitrogens is 1. The normalized spacial score (nSPS) is 25.6. The van der Waals surface area contributed by atoms with Crippen molar-refractivity contribution in [2.75, 3.05) is 80.9 Å². The number of anilines is 4. The number of aromatic amines is 1. The average Bonchev–Trinajstić information content (AvgIpc) is 3.65. The molecule has 1 amide bonds. The van der Waals surface area contributed by atoms with E-state index >= 15 is 0 Å². The van der Waals surface area contributed by atoms with E-state index in [1.165, 1.54) is 23.3 Å². The number of hydrogen-bond acceptors (Lipinski definition) is 15. The SMILES string of the molecule is CC(C)c1ccccc1[C@@H]1COCCN1C1CC2(CCN(c3ccc(C(=O)NS(=O)(=O)c4ccc(NCC5CCC(C)(O)CC5)c([N+](=O)[O-])c4)c(N4C[C@H]5OCCOC[C@@H]5Oc5nc6[nH]ccc6cc54)c3)CC2)C1. The monoisotopic (exact) mass is 1030 g/mol. The van der Waals surface area contributed by atoms with Gasteiger partial charge in [-0.1, -0.05) is 38.1 Å². The van der Waals surface area contributed by atoms with Crippen molar-refractivity contribution in [1.29, 1.82) is 0 Å². The molecule has 2 saturated carbocycles. The van der Waals surface area contributed by atoms with Crippen LogP contribution in [0.25, 0.3) is 11.0 Å². The summed E-state index contributed by atoms with van der Waals surface area (Å²) < 4.78 is 55.6. The van der Waals surface area contributed by atoms with Crippen molar-refractivity contribution >= 4 is 55.4 Å². The van der Waals surface area contributed by atoms with Gasteiger partial charge in [0.15, 0.2) is 6.10 Å². The fraction of sp³-hybridized carbons (Fsp3) is 0.527. The molecule has 3 aromatic carbocycles. The molecule has 5 fully saturated rings. The van der Waals surface area contributed by atoms with E-state index in [2.05, 4.69) is 62.9 Å². The number of ether oxygens (including phenoxy) is 4. The number of rotatable bonds is 12. The molecule has 3 saturated heterocycles. The molecule has 0 unspecified atom stereocenters. The summed E-state index contributed by atoms with van der Waals surface area (Å²) in [5.41, 5.74) is 4.54. The summed E-state index contributed by atoms with van der Waals surface area (Å²) in [7, 11) is -4.65. The third-order valence-electron chi connectivity index (χ3n) is 16.8. The lowest BCUT2D eigenvalue weighted by molar-refractivity contribution is -0.384. The fourth-order valence-electron chi connectivity index (χ4n) is 12.4. The number of nitrogens with one attached hydrogen (secondary N) is 3. The van der Waals surface area contributed by atoms with Crippen molar-refractivity contribution in [3.05, 3.63) is 106 Å². The number of nitro groups is 1. The molecule has 3 atom stereocenters. The van der Waals surface area contributed by atoms with Gasteiger partial charge in [0, 0.05) is 55.6 Å². The molecule has 18 nitrogen and oxygen atoms in total. The Morgan fingerprint density at radius 3 is 2.50 bits per heavy atom. The number of amides is 1. The minimum atomic E-state index is -4.65. The Kier molecular flexibility index (Phi) is 13.9. The zero-order chi connectivity index (χ0) is 51.4. The Hall–Kier alpha value is -5.83. The molecule has 2 aliphatic carbocycles. The molecule has 74 heavy (non-hydrogen) atoms. The number of carbonyl (C=O) groups is 1. The first-order valence-corrected chi connectivity index (χ1v) is 27.9. The Bertz CT molecular complexity index is 2990. The van der Waals surface area contributed by atoms with E-state index in [9.17, 15) is 28.4 Å². The molecule has 0 bridgehead atoms. The van der Waals surface area contributed by atoms with Crippen molar-refractivity contribution in [3.63, 3.8) is 0 Å². The first-order valence-electron chi connectivity index (χ1n) is 26.4. The molecule has 11 rings (SSSR count). The number of morpholine rings is 1. The van der Waals surface area contributed by atoms with Crippen molar-refractivity contribution in [3.8, 4) is 5.88 Å². The molecule has 1 spiro atoms. The van der Waals surface area contributed by atoms with E-state index in [0.717, 1.165) is 81.9 Å². The lowest BCUT2D eigenvalue weighted by Gasteiger charge is -2.57. The van der Waals surface area contributed by atoms with E-state index in [-0.39, 0.29) is 41.8 Å². The highest BCUT2D eigenvalue weighted by Crippen LogP contribution is 2.53. The molecular formula is C55H68N8O10S. The molecule has 6 heterocycles. The van der Waals surface area contributed by atoms with Crippen molar-refractivity contribution in [2.24, 2.45) is 11.3 Å². The van der Waals surface area contributed by atoms with Crippen LogP contribution in [0.3, 0.4) is 0 Å². The van der Waals surface area contributed by atoms with Gasteiger partial charge in [0.2, 0.25) is 5.88 Å². The van der Waals surface area contributed by atoms with E-state index < -0.39 is 49.2 Å². The molecule has 0 radical (unpaired) electrons. The molecule has 5 aromatic rings. The van der Waals surface area contributed by atoms with Gasteiger partial charge in [-0.2, -0.15) is 4.98 Å². The second kappa shape index (κ2) is 20.4. The van der Waals surface area contributed by atoms with Crippen LogP contribution in [0.1, 0.15) is 106 Å². The van der Waals surface area contributed by atoms with Crippen LogP contribution < -0.4 is 24.6 Å². The number of carbonyl (C=O) groups excluding carboxylic acids is 1. The summed E-state index contributed by atoms with van der Waals surface area (Å²) in [4.78, 5) is 41.1. The maximum Gasteiger partial charge on any atom is 0.293 e. The topological polar surface area (TPSA) is 214 Å². The van der Waals surface area contributed by atoms with Crippen LogP contribution in [0, 0.1) is 21.4 Å². The number of piperidine rings is 1. The number of aliphatic hydroxyl groups is 1. The lowest BCUT2D eigenvalue weighted by Crippen LogP contribution is -2.58. The van der Waals surface area contributed by atoms with Gasteiger partial charge in [0.05, 0.1) is 72.3 Å². The number of benzene rings is 3. The summed E-state index contributed by atoms with van der Waals surface area (Å²) in [5, 5.41) is 26.8. The van der Waals surface area contributed by atoms with Crippen LogP contribution in [0.5, 0.6) is 5.88 Å². The highest BCUT2D eigenvalue weighted by Gasteiger charge is 2.50. The molecule has 4 aliphatic heterocycles. The third kappa shape index (κ3) is 10.2. The molecule has 6 aliphatic rings. The molecule has 19 heteroatoms. The first-order chi connectivity index (χ1) is 35.6. The lowest BCUT2D eigenvalue weighted by atomic mass is 9.59. The van der Waals surface area contributed by atoms with Gasteiger partial charge >= 0.3 is 0 Å². The van der Waals surface area contributed by atoms with Gasteiger partial charge in [-0.25, -0.2) is 13.1 Å². The summed E-state index contributed by atoms with van der Waals surface area (Å²) >= 11 is 0. The fourth-order valence-corrected chi connectivity index (χ4v) is 13.4. The molecule has 394 valence electrons. The van der Waals surface area contributed by atoms with Crippen LogP contribution >= 0.6 is 0 Å². The molecule has 2 aromatic heterocycles. The first kappa shape index (κ1) is 50.3. The maximum atomic E-state index is 14.7. The highest BCUT2D eigenvalue weighted by atomic mass is 32.2. The Balaban J connectivity index is 0.872. The second-order valence-corrected chi connectivity index (χ2v) is 23.7. The Morgan fingerprint density at radius 2 is 1.72 bits per heavy atom. The number of hydrogen-bond donors (Lipinski definition) is 4. The number of pyridine rings is 1. The van der Waals surface area contributed by atoms with Crippen LogP contribution in [0.15, 0.2) is 83.9 Å². The van der Waals surface area contributed by atoms with Crippen molar-refractivity contribution in [2.45, 2.75) is 113 Å². The van der Waals surface area contributed by atoms with Gasteiger partial charge in [-0.05, 0) is 129 Å². The van der Waals surface area contributed by atoms with Gasteiger partial charge in [-0.15, -0.1) is 0 Å². The van der Waals surface area contributed by atoms with Crippen molar-refractivity contribution in [1.82, 2.24) is 19.6 Å². The number of sulfonamides is 1. The Labute approximate surface area is 432 Å². The van der Waals surface area contributed by atoms with Crippen LogP contribution in [0.4, 0.5) is 28.4 Å². The van der Waals surface area contributed by atoms with Crippen LogP contribution in [-0.4, -0.2) is 129 Å². The standard InChI is InChI=1S/C55H68N8O10S/c1-35(2)41-6-4-5-7-42(41)48-33-70-23-22-61(48)39-29-55(30-39)17-20-60(21-18-55)38-8-10-43(45(27-38)62-32-49-50(34-71-24-25-72-49)73-53-47(62)26-37-14-19-56-51(37)58-53)52(64)59-74(68,69)40-9-11-44(46(28-40)63(66)67)57-31-36-12-15-54(3,65)16-13-36/h4-11,14,19,26-28,35-36,39,48-50,57,65H,12-13,15-18,20-25,29-34H2,1-3H3,(H,56,58)(H,59,64)/t36?,48-,49+,50-,54?/m0/s1. The van der Waals surface area contributed by atoms with E-state index in [1.807, 2.05) is 36.1 Å². The summed E-state index contributed by atoms with van der Waals surface area (Å²) in [6.45, 7) is 11.9. The van der Waals surface area contributed by atoms with Crippen LogP contribution in [0.2, 0.25) is 0 Å². The highest BCUT2D eigenvalue weighted by molar-refractivity contribution is 7.90. The summed E-state index contributed by atoms with van der Waals surface area (Å²) in [6, 6.07) is 22.5. The predicted molar refractivity (Wildman–Crippen MR) is 281 cm³/mol. The largest absolute Gasteiger partial charge is 0.467 e. The Morgan fingerprint density at radius 1 is 0.932 bits per heavy atom.